The Hall–Kier alpha value is -1.56. The summed E-state index contributed by atoms with van der Waals surface area (Å²) in [6.45, 7) is 0. The summed E-state index contributed by atoms with van der Waals surface area (Å²) in [5.41, 5.74) is -0.0985. The van der Waals surface area contributed by atoms with Gasteiger partial charge < -0.3 is 9.47 Å². The van der Waals surface area contributed by atoms with Crippen LogP contribution in [0.2, 0.25) is 0 Å². The van der Waals surface area contributed by atoms with Crippen molar-refractivity contribution in [3.8, 4) is 5.75 Å². The molecule has 19 heavy (non-hydrogen) atoms. The van der Waals surface area contributed by atoms with Gasteiger partial charge in [0, 0.05) is 7.11 Å². The molecule has 1 aromatic carbocycles. The highest BCUT2D eigenvalue weighted by atomic mass is 19.4. The predicted molar refractivity (Wildman–Crippen MR) is 61.0 cm³/mol. The quantitative estimate of drug-likeness (QED) is 0.773. The van der Waals surface area contributed by atoms with E-state index in [4.69, 9.17) is 4.74 Å². The van der Waals surface area contributed by atoms with Crippen LogP contribution in [0.15, 0.2) is 24.3 Å². The van der Waals surface area contributed by atoms with Gasteiger partial charge in [-0.05, 0) is 30.9 Å². The number of alkyl halides is 3. The molecule has 0 aliphatic heterocycles. The molecule has 1 aliphatic carbocycles. The topological polar surface area (TPSA) is 35.5 Å². The molecule has 0 bridgehead atoms. The molecule has 1 aromatic rings. The normalized spacial score (nSPS) is 17.1. The van der Waals surface area contributed by atoms with E-state index in [9.17, 15) is 18.0 Å². The third-order valence-electron chi connectivity index (χ3n) is 2.94. The molecule has 0 amide bonds. The van der Waals surface area contributed by atoms with Crippen molar-refractivity contribution in [2.75, 3.05) is 7.11 Å². The van der Waals surface area contributed by atoms with Gasteiger partial charge in [-0.1, -0.05) is 12.1 Å². The van der Waals surface area contributed by atoms with E-state index in [1.807, 2.05) is 0 Å². The zero-order valence-corrected chi connectivity index (χ0v) is 10.2. The maximum absolute atomic E-state index is 12.3. The number of benzene rings is 1. The van der Waals surface area contributed by atoms with E-state index in [1.165, 1.54) is 25.3 Å². The Morgan fingerprint density at radius 1 is 1.32 bits per heavy atom. The van der Waals surface area contributed by atoms with Gasteiger partial charge in [-0.25, -0.2) is 0 Å². The number of para-hydroxylation sites is 1. The molecule has 2 rings (SSSR count). The summed E-state index contributed by atoms with van der Waals surface area (Å²) in [5.74, 6) is -0.857. The van der Waals surface area contributed by atoms with Gasteiger partial charge in [0.05, 0.1) is 5.56 Å². The lowest BCUT2D eigenvalue weighted by atomic mass is 10.0. The van der Waals surface area contributed by atoms with Gasteiger partial charge in [0.2, 0.25) is 0 Å². The highest BCUT2D eigenvalue weighted by Gasteiger charge is 2.39. The van der Waals surface area contributed by atoms with Crippen LogP contribution in [-0.2, 0) is 4.74 Å². The Balaban J connectivity index is 2.25. The number of ketones is 1. The van der Waals surface area contributed by atoms with Crippen LogP contribution < -0.4 is 4.74 Å². The van der Waals surface area contributed by atoms with Crippen molar-refractivity contribution < 1.29 is 27.4 Å². The minimum absolute atomic E-state index is 0.0939. The van der Waals surface area contributed by atoms with Gasteiger partial charge in [0.15, 0.2) is 5.78 Å². The summed E-state index contributed by atoms with van der Waals surface area (Å²) in [6, 6.07) is 5.32. The van der Waals surface area contributed by atoms with Gasteiger partial charge in [0.1, 0.15) is 11.9 Å². The first-order valence-corrected chi connectivity index (χ1v) is 5.84. The SMILES string of the molecule is COC(C(=O)c1ccccc1OC(F)(F)F)C1CC1. The summed E-state index contributed by atoms with van der Waals surface area (Å²) in [7, 11) is 1.38. The van der Waals surface area contributed by atoms with Crippen molar-refractivity contribution in [1.29, 1.82) is 0 Å². The average Bonchev–Trinajstić information content (AvgIpc) is 3.13. The van der Waals surface area contributed by atoms with E-state index in [-0.39, 0.29) is 11.5 Å². The standard InChI is InChI=1S/C13H13F3O3/c1-18-12(8-6-7-8)11(17)9-4-2-3-5-10(9)19-13(14,15)16/h2-5,8,12H,6-7H2,1H3. The molecule has 1 aliphatic rings. The molecule has 0 spiro atoms. The fourth-order valence-electron chi connectivity index (χ4n) is 1.95. The van der Waals surface area contributed by atoms with Crippen LogP contribution in [0.25, 0.3) is 0 Å². The van der Waals surface area contributed by atoms with Gasteiger partial charge in [-0.2, -0.15) is 0 Å². The molecule has 1 unspecified atom stereocenters. The second-order valence-corrected chi connectivity index (χ2v) is 4.40. The van der Waals surface area contributed by atoms with Gasteiger partial charge in [-0.3, -0.25) is 4.79 Å². The van der Waals surface area contributed by atoms with Crippen molar-refractivity contribution in [2.24, 2.45) is 5.92 Å². The Morgan fingerprint density at radius 2 is 1.95 bits per heavy atom. The van der Waals surface area contributed by atoms with Crippen LogP contribution in [0.1, 0.15) is 23.2 Å². The molecular weight excluding hydrogens is 261 g/mol. The lowest BCUT2D eigenvalue weighted by Gasteiger charge is -2.16. The summed E-state index contributed by atoms with van der Waals surface area (Å²) >= 11 is 0. The minimum Gasteiger partial charge on any atom is -0.405 e. The summed E-state index contributed by atoms with van der Waals surface area (Å²) < 4.78 is 45.8. The van der Waals surface area contributed by atoms with Crippen molar-refractivity contribution in [1.82, 2.24) is 0 Å². The fraction of sp³-hybridized carbons (Fsp3) is 0.462. The van der Waals surface area contributed by atoms with E-state index in [2.05, 4.69) is 4.74 Å². The maximum atomic E-state index is 12.3. The highest BCUT2D eigenvalue weighted by Crippen LogP contribution is 2.37. The van der Waals surface area contributed by atoms with Crippen LogP contribution in [0.4, 0.5) is 13.2 Å². The largest absolute Gasteiger partial charge is 0.573 e. The van der Waals surface area contributed by atoms with E-state index in [1.54, 1.807) is 0 Å². The van der Waals surface area contributed by atoms with Crippen LogP contribution in [0.3, 0.4) is 0 Å². The zero-order valence-electron chi connectivity index (χ0n) is 10.2. The van der Waals surface area contributed by atoms with Crippen LogP contribution in [0, 0.1) is 5.92 Å². The Morgan fingerprint density at radius 3 is 2.47 bits per heavy atom. The summed E-state index contributed by atoms with van der Waals surface area (Å²) in [6.07, 6.45) is -3.81. The summed E-state index contributed by atoms with van der Waals surface area (Å²) in [4.78, 5) is 12.2. The number of carbonyl (C=O) groups is 1. The van der Waals surface area contributed by atoms with E-state index in [0.29, 0.717) is 0 Å². The second-order valence-electron chi connectivity index (χ2n) is 4.40. The Kier molecular flexibility index (Phi) is 3.80. The molecule has 0 heterocycles. The molecule has 0 aromatic heterocycles. The highest BCUT2D eigenvalue weighted by molar-refractivity contribution is 6.02. The second kappa shape index (κ2) is 5.21. The van der Waals surface area contributed by atoms with Crippen molar-refractivity contribution >= 4 is 5.78 Å². The maximum Gasteiger partial charge on any atom is 0.573 e. The lowest BCUT2D eigenvalue weighted by Crippen LogP contribution is -2.27. The number of methoxy groups -OCH3 is 1. The third-order valence-corrected chi connectivity index (χ3v) is 2.94. The van der Waals surface area contributed by atoms with Crippen molar-refractivity contribution in [3.05, 3.63) is 29.8 Å². The smallest absolute Gasteiger partial charge is 0.405 e. The monoisotopic (exact) mass is 274 g/mol. The van der Waals surface area contributed by atoms with Crippen molar-refractivity contribution in [2.45, 2.75) is 25.3 Å². The Labute approximate surface area is 108 Å². The molecule has 1 atom stereocenters. The fourth-order valence-corrected chi connectivity index (χ4v) is 1.95. The van der Waals surface area contributed by atoms with E-state index in [0.717, 1.165) is 18.9 Å². The number of hydrogen-bond donors (Lipinski definition) is 0. The first-order valence-electron chi connectivity index (χ1n) is 5.84. The molecule has 0 N–H and O–H groups in total. The molecule has 0 saturated heterocycles. The third kappa shape index (κ3) is 3.47. The van der Waals surface area contributed by atoms with Gasteiger partial charge in [0.25, 0.3) is 0 Å². The Bertz CT molecular complexity index is 466. The van der Waals surface area contributed by atoms with Crippen LogP contribution in [0.5, 0.6) is 5.75 Å². The zero-order chi connectivity index (χ0) is 14.0. The molecule has 1 saturated carbocycles. The number of carbonyl (C=O) groups excluding carboxylic acids is 1. The van der Waals surface area contributed by atoms with Gasteiger partial charge >= 0.3 is 6.36 Å². The van der Waals surface area contributed by atoms with Crippen molar-refractivity contribution in [3.63, 3.8) is 0 Å². The molecule has 0 radical (unpaired) electrons. The summed E-state index contributed by atoms with van der Waals surface area (Å²) in [5, 5.41) is 0. The molecule has 104 valence electrons. The number of halogens is 3. The number of Topliss-reactive ketones (excluding diaryl/α,β-unsaturated/α-hetero) is 1. The number of hydrogen-bond acceptors (Lipinski definition) is 3. The predicted octanol–water partition coefficient (Wildman–Crippen LogP) is 3.19. The number of ether oxygens (including phenoxy) is 2. The first-order chi connectivity index (χ1) is 8.92. The molecule has 1 fully saturated rings. The first kappa shape index (κ1) is 13.9. The van der Waals surface area contributed by atoms with E-state index >= 15 is 0 Å². The van der Waals surface area contributed by atoms with Crippen LogP contribution in [-0.4, -0.2) is 25.4 Å². The molecular formula is C13H13F3O3. The van der Waals surface area contributed by atoms with Gasteiger partial charge in [-0.15, -0.1) is 13.2 Å². The average molecular weight is 274 g/mol. The van der Waals surface area contributed by atoms with E-state index < -0.39 is 24.0 Å². The minimum atomic E-state index is -4.82. The molecule has 3 nitrogen and oxygen atoms in total. The number of rotatable bonds is 5. The lowest BCUT2D eigenvalue weighted by molar-refractivity contribution is -0.274. The van der Waals surface area contributed by atoms with Crippen LogP contribution >= 0.6 is 0 Å². The molecule has 6 heteroatoms.